The van der Waals surface area contributed by atoms with Crippen LogP contribution in [0, 0.1) is 0 Å². The minimum absolute atomic E-state index is 0. The number of hydrogen-bond acceptors (Lipinski definition) is 4. The van der Waals surface area contributed by atoms with Gasteiger partial charge in [0.15, 0.2) is 0 Å². The van der Waals surface area contributed by atoms with Gasteiger partial charge in [0.05, 0.1) is 10.1 Å². The third-order valence-corrected chi connectivity index (χ3v) is 6.51. The molecule has 0 aromatic carbocycles. The molecular formula is C21H43KO4S. The van der Waals surface area contributed by atoms with Gasteiger partial charge < -0.3 is 9.66 Å². The fourth-order valence-corrected chi connectivity index (χ4v) is 4.39. The quantitative estimate of drug-likeness (QED) is 0.183. The Bertz CT molecular complexity index is 388. The summed E-state index contributed by atoms with van der Waals surface area (Å²) in [6, 6.07) is 0. The summed E-state index contributed by atoms with van der Waals surface area (Å²) in [6.07, 6.45) is 19.2. The summed E-state index contributed by atoms with van der Waals surface area (Å²) in [6.45, 7) is 2.46. The van der Waals surface area contributed by atoms with Crippen LogP contribution in [0.25, 0.3) is 0 Å². The van der Waals surface area contributed by atoms with Gasteiger partial charge >= 0.3 is 51.4 Å². The van der Waals surface area contributed by atoms with Crippen LogP contribution < -0.4 is 51.4 Å². The molecule has 4 nitrogen and oxygen atoms in total. The Morgan fingerprint density at radius 3 is 1.33 bits per heavy atom. The zero-order chi connectivity index (χ0) is 19.5. The summed E-state index contributed by atoms with van der Waals surface area (Å²) in [5.74, 6) is 0. The zero-order valence-corrected chi connectivity index (χ0v) is 22.0. The van der Waals surface area contributed by atoms with Gasteiger partial charge in [0.25, 0.3) is 0 Å². The van der Waals surface area contributed by atoms with Crippen LogP contribution in [0.2, 0.25) is 0 Å². The van der Waals surface area contributed by atoms with Gasteiger partial charge in [0, 0.05) is 11.9 Å². The minimum atomic E-state index is -4.16. The second-order valence-corrected chi connectivity index (χ2v) is 9.37. The van der Waals surface area contributed by atoms with Crippen molar-refractivity contribution in [3.05, 3.63) is 0 Å². The Morgan fingerprint density at radius 2 is 1.00 bits per heavy atom. The summed E-state index contributed by atoms with van der Waals surface area (Å²) in [7, 11) is -4.16. The van der Waals surface area contributed by atoms with E-state index < -0.39 is 15.4 Å². The van der Waals surface area contributed by atoms with Crippen molar-refractivity contribution in [2.24, 2.45) is 0 Å². The first-order valence-electron chi connectivity index (χ1n) is 11.1. The summed E-state index contributed by atoms with van der Waals surface area (Å²) in [5.41, 5.74) is 0. The number of aliphatic hydroxyl groups excluding tert-OH is 1. The van der Waals surface area contributed by atoms with E-state index >= 15 is 0 Å². The minimum Gasteiger partial charge on any atom is -0.748 e. The van der Waals surface area contributed by atoms with E-state index in [2.05, 4.69) is 6.92 Å². The van der Waals surface area contributed by atoms with Crippen LogP contribution in [-0.2, 0) is 10.1 Å². The molecule has 0 rings (SSSR count). The first kappa shape index (κ1) is 30.7. The van der Waals surface area contributed by atoms with Gasteiger partial charge in [-0.25, -0.2) is 8.42 Å². The third-order valence-electron chi connectivity index (χ3n) is 5.22. The van der Waals surface area contributed by atoms with Crippen molar-refractivity contribution in [2.75, 3.05) is 6.61 Å². The van der Waals surface area contributed by atoms with Crippen molar-refractivity contribution >= 4 is 10.1 Å². The van der Waals surface area contributed by atoms with Crippen LogP contribution in [0.15, 0.2) is 0 Å². The van der Waals surface area contributed by atoms with Gasteiger partial charge in [-0.05, 0) is 19.3 Å². The van der Waals surface area contributed by atoms with E-state index in [0.29, 0.717) is 12.8 Å². The van der Waals surface area contributed by atoms with Crippen LogP contribution in [0.4, 0.5) is 0 Å². The van der Waals surface area contributed by atoms with Crippen molar-refractivity contribution in [3.63, 3.8) is 0 Å². The Morgan fingerprint density at radius 1 is 0.667 bits per heavy atom. The maximum Gasteiger partial charge on any atom is 1.00 e. The van der Waals surface area contributed by atoms with Crippen molar-refractivity contribution in [1.82, 2.24) is 0 Å². The fraction of sp³-hybridized carbons (Fsp3) is 1.00. The van der Waals surface area contributed by atoms with Crippen LogP contribution >= 0.6 is 0 Å². The fourth-order valence-electron chi connectivity index (χ4n) is 3.48. The van der Waals surface area contributed by atoms with Crippen molar-refractivity contribution < 1.29 is 69.5 Å². The molecule has 0 aromatic rings. The summed E-state index contributed by atoms with van der Waals surface area (Å²) >= 11 is 0. The van der Waals surface area contributed by atoms with Crippen molar-refractivity contribution in [1.29, 1.82) is 0 Å². The molecule has 1 atom stereocenters. The maximum absolute atomic E-state index is 11.4. The van der Waals surface area contributed by atoms with E-state index in [1.54, 1.807) is 0 Å². The Labute approximate surface area is 211 Å². The first-order valence-corrected chi connectivity index (χ1v) is 12.5. The molecule has 0 aliphatic rings. The molecule has 0 spiro atoms. The topological polar surface area (TPSA) is 77.4 Å². The van der Waals surface area contributed by atoms with Crippen LogP contribution in [0.1, 0.15) is 122 Å². The molecule has 158 valence electrons. The smallest absolute Gasteiger partial charge is 0.748 e. The number of hydrogen-bond donors (Lipinski definition) is 1. The van der Waals surface area contributed by atoms with Crippen LogP contribution in [0.5, 0.6) is 0 Å². The molecule has 1 N–H and O–H groups in total. The molecule has 0 fully saturated rings. The van der Waals surface area contributed by atoms with E-state index in [0.717, 1.165) is 51.4 Å². The molecule has 0 saturated heterocycles. The molecule has 0 aliphatic carbocycles. The van der Waals surface area contributed by atoms with Crippen LogP contribution in [-0.4, -0.2) is 29.9 Å². The largest absolute Gasteiger partial charge is 1.00 e. The molecule has 0 aliphatic heterocycles. The predicted molar refractivity (Wildman–Crippen MR) is 109 cm³/mol. The molecule has 0 heterocycles. The van der Waals surface area contributed by atoms with Gasteiger partial charge in [-0.15, -0.1) is 0 Å². The third kappa shape index (κ3) is 22.0. The van der Waals surface area contributed by atoms with E-state index in [9.17, 15) is 13.0 Å². The average Bonchev–Trinajstić information content (AvgIpc) is 2.59. The van der Waals surface area contributed by atoms with Crippen molar-refractivity contribution in [3.8, 4) is 0 Å². The molecule has 0 saturated carbocycles. The number of unbranched alkanes of at least 4 members (excludes halogenated alkanes) is 14. The monoisotopic (exact) mass is 430 g/mol. The van der Waals surface area contributed by atoms with Crippen molar-refractivity contribution in [2.45, 2.75) is 128 Å². The van der Waals surface area contributed by atoms with E-state index in [-0.39, 0.29) is 58.0 Å². The van der Waals surface area contributed by atoms with E-state index in [4.69, 9.17) is 5.11 Å². The molecule has 0 amide bonds. The standard InChI is InChI=1S/C21H44O4S.K/c1-2-3-4-5-6-7-8-9-10-12-15-18-21(26(23,24)25)19-16-13-11-14-17-20-22;/h21-22H,2-20H2,1H3,(H,23,24,25);/q;+1/p-1. The van der Waals surface area contributed by atoms with Gasteiger partial charge in [0.2, 0.25) is 0 Å². The molecule has 27 heavy (non-hydrogen) atoms. The molecule has 0 bridgehead atoms. The molecule has 0 aromatic heterocycles. The van der Waals surface area contributed by atoms with Gasteiger partial charge in [-0.2, -0.15) is 0 Å². The summed E-state index contributed by atoms with van der Waals surface area (Å²) in [4.78, 5) is 0. The Hall–Kier alpha value is 1.51. The van der Waals surface area contributed by atoms with Gasteiger partial charge in [-0.1, -0.05) is 103 Å². The average molecular weight is 431 g/mol. The maximum atomic E-state index is 11.4. The Kier molecular flexibility index (Phi) is 25.2. The first-order chi connectivity index (χ1) is 12.5. The normalized spacial score (nSPS) is 12.7. The van der Waals surface area contributed by atoms with Crippen LogP contribution in [0.3, 0.4) is 0 Å². The number of rotatable bonds is 20. The van der Waals surface area contributed by atoms with E-state index in [1.807, 2.05) is 0 Å². The van der Waals surface area contributed by atoms with Gasteiger partial charge in [0.1, 0.15) is 0 Å². The second kappa shape index (κ2) is 22.2. The summed E-state index contributed by atoms with van der Waals surface area (Å²) < 4.78 is 34.3. The summed E-state index contributed by atoms with van der Waals surface area (Å²) in [5, 5.41) is 8.03. The predicted octanol–water partition coefficient (Wildman–Crippen LogP) is 2.94. The SMILES string of the molecule is CCCCCCCCCCCCCC(CCCCCCCO)S(=O)(=O)[O-].[K+]. The zero-order valence-electron chi connectivity index (χ0n) is 18.1. The Balaban J connectivity index is 0. The van der Waals surface area contributed by atoms with Gasteiger partial charge in [-0.3, -0.25) is 0 Å². The molecule has 6 heteroatoms. The molecule has 0 radical (unpaired) electrons. The molecular weight excluding hydrogens is 387 g/mol. The molecule has 1 unspecified atom stereocenters. The number of aliphatic hydroxyl groups is 1. The van der Waals surface area contributed by atoms with E-state index in [1.165, 1.54) is 51.4 Å². The second-order valence-electron chi connectivity index (χ2n) is 7.72.